The lowest BCUT2D eigenvalue weighted by molar-refractivity contribution is -0.368. The molecule has 0 fully saturated rings. The first-order valence-electron chi connectivity index (χ1n) is 8.36. The van der Waals surface area contributed by atoms with E-state index in [0.717, 1.165) is 0 Å². The van der Waals surface area contributed by atoms with Crippen LogP contribution in [0.1, 0.15) is 20.7 Å². The molecule has 0 spiro atoms. The molecule has 154 valence electrons. The van der Waals surface area contributed by atoms with E-state index in [1.165, 1.54) is 38.5 Å². The molecule has 0 saturated heterocycles. The Morgan fingerprint density at radius 1 is 0.793 bits per heavy atom. The van der Waals surface area contributed by atoms with Crippen LogP contribution in [0.15, 0.2) is 48.5 Å². The number of carbonyl (C=O) groups is 2. The minimum absolute atomic E-state index is 0.0733. The molecule has 0 aromatic heterocycles. The minimum Gasteiger partial charge on any atom is -0.497 e. The summed E-state index contributed by atoms with van der Waals surface area (Å²) in [5.41, 5.74) is 0.352. The minimum atomic E-state index is -0.821. The van der Waals surface area contributed by atoms with Gasteiger partial charge in [0.2, 0.25) is 0 Å². The number of benzene rings is 2. The Morgan fingerprint density at radius 2 is 1.28 bits per heavy atom. The van der Waals surface area contributed by atoms with Crippen molar-refractivity contribution in [2.45, 2.75) is 0 Å². The summed E-state index contributed by atoms with van der Waals surface area (Å²) in [5, 5.41) is 0. The fourth-order valence-electron chi connectivity index (χ4n) is 1.98. The molecular formula is C20H20O9. The van der Waals surface area contributed by atoms with E-state index in [0.29, 0.717) is 11.5 Å². The molecule has 0 aliphatic carbocycles. The lowest BCUT2D eigenvalue weighted by Gasteiger charge is -2.13. The van der Waals surface area contributed by atoms with Gasteiger partial charge in [0.15, 0.2) is 0 Å². The smallest absolute Gasteiger partial charge is 0.373 e. The van der Waals surface area contributed by atoms with Crippen molar-refractivity contribution in [2.24, 2.45) is 0 Å². The third-order valence-electron chi connectivity index (χ3n) is 3.40. The Morgan fingerprint density at radius 3 is 1.69 bits per heavy atom. The summed E-state index contributed by atoms with van der Waals surface area (Å²) in [6.45, 7) is 3.27. The molecule has 0 heterocycles. The number of rotatable bonds is 11. The molecule has 9 heteroatoms. The Kier molecular flexibility index (Phi) is 8.90. The summed E-state index contributed by atoms with van der Waals surface area (Å²) >= 11 is 0. The van der Waals surface area contributed by atoms with Crippen LogP contribution in [0.3, 0.4) is 0 Å². The molecule has 2 radical (unpaired) electrons. The maximum absolute atomic E-state index is 12.1. The van der Waals surface area contributed by atoms with Gasteiger partial charge in [-0.2, -0.15) is 0 Å². The van der Waals surface area contributed by atoms with E-state index in [9.17, 15) is 9.59 Å². The number of ether oxygens (including phenoxy) is 3. The zero-order valence-corrected chi connectivity index (χ0v) is 15.9. The lowest BCUT2D eigenvalue weighted by atomic mass is 10.2. The van der Waals surface area contributed by atoms with Crippen LogP contribution in [-0.2, 0) is 24.3 Å². The summed E-state index contributed by atoms with van der Waals surface area (Å²) in [5.74, 6) is -0.711. The second-order valence-electron chi connectivity index (χ2n) is 5.30. The van der Waals surface area contributed by atoms with E-state index in [1.54, 1.807) is 24.3 Å². The number of hydrogen-bond acceptors (Lipinski definition) is 9. The highest BCUT2D eigenvalue weighted by Crippen LogP contribution is 2.17. The number of carbonyl (C=O) groups excluding carboxylic acids is 2. The molecule has 0 aliphatic rings. The first-order valence-corrected chi connectivity index (χ1v) is 8.36. The van der Waals surface area contributed by atoms with E-state index in [-0.39, 0.29) is 24.3 Å². The highest BCUT2D eigenvalue weighted by Gasteiger charge is 2.22. The van der Waals surface area contributed by atoms with Gasteiger partial charge in [0.1, 0.15) is 18.1 Å². The van der Waals surface area contributed by atoms with Gasteiger partial charge in [0, 0.05) is 6.61 Å². The van der Waals surface area contributed by atoms with E-state index >= 15 is 0 Å². The topological polar surface area (TPSA) is 98.8 Å². The van der Waals surface area contributed by atoms with Crippen LogP contribution in [0.5, 0.6) is 11.5 Å². The summed E-state index contributed by atoms with van der Waals surface area (Å²) in [4.78, 5) is 43.2. The van der Waals surface area contributed by atoms with Gasteiger partial charge in [0.05, 0.1) is 25.3 Å². The molecule has 2 rings (SSSR count). The van der Waals surface area contributed by atoms with Crippen LogP contribution in [0, 0.1) is 13.2 Å². The van der Waals surface area contributed by atoms with Gasteiger partial charge < -0.3 is 14.2 Å². The predicted molar refractivity (Wildman–Crippen MR) is 98.4 cm³/mol. The van der Waals surface area contributed by atoms with Gasteiger partial charge in [-0.25, -0.2) is 9.59 Å². The molecule has 9 nitrogen and oxygen atoms in total. The Hall–Kier alpha value is -3.14. The van der Waals surface area contributed by atoms with E-state index < -0.39 is 18.2 Å². The molecule has 0 bridgehead atoms. The standard InChI is InChI=1S/C20H20O9/c1-4-25-13-18(26-28-19(21)14-7-5-9-16(11-14)23-2)27-29-20(22)15-8-6-10-17(12-15)24-3/h5-12H,1,4,13H2,2-3H3. The second kappa shape index (κ2) is 11.6. The average Bonchev–Trinajstić information content (AvgIpc) is 2.78. The second-order valence-corrected chi connectivity index (χ2v) is 5.30. The number of methoxy groups -OCH3 is 2. The van der Waals surface area contributed by atoms with Gasteiger partial charge in [-0.05, 0) is 43.3 Å². The van der Waals surface area contributed by atoms with E-state index in [4.69, 9.17) is 33.8 Å². The van der Waals surface area contributed by atoms with E-state index in [2.05, 4.69) is 6.92 Å². The SMILES string of the molecule is [CH2]COC[C](OOC(=O)c1cccc(OC)c1)OOC(=O)c1cccc(OC)c1. The maximum Gasteiger partial charge on any atom is 0.373 e. The molecule has 2 aromatic rings. The largest absolute Gasteiger partial charge is 0.497 e. The van der Waals surface area contributed by atoms with Crippen molar-refractivity contribution in [3.05, 3.63) is 72.9 Å². The summed E-state index contributed by atoms with van der Waals surface area (Å²) < 4.78 is 15.1. The molecule has 2 aromatic carbocycles. The van der Waals surface area contributed by atoms with Crippen molar-refractivity contribution >= 4 is 11.9 Å². The average molecular weight is 404 g/mol. The molecule has 0 atom stereocenters. The van der Waals surface area contributed by atoms with Crippen molar-refractivity contribution in [1.29, 1.82) is 0 Å². The lowest BCUT2D eigenvalue weighted by Crippen LogP contribution is -2.20. The van der Waals surface area contributed by atoms with E-state index in [1.807, 2.05) is 0 Å². The van der Waals surface area contributed by atoms with Crippen LogP contribution in [0.2, 0.25) is 0 Å². The molecular weight excluding hydrogens is 384 g/mol. The van der Waals surface area contributed by atoms with Crippen molar-refractivity contribution in [2.75, 3.05) is 27.4 Å². The maximum atomic E-state index is 12.1. The highest BCUT2D eigenvalue weighted by molar-refractivity contribution is 5.90. The summed E-state index contributed by atoms with van der Waals surface area (Å²) in [6.07, 6.45) is -0.416. The van der Waals surface area contributed by atoms with Crippen LogP contribution in [-0.4, -0.2) is 39.4 Å². The van der Waals surface area contributed by atoms with Gasteiger partial charge in [-0.15, -0.1) is 9.78 Å². The molecule has 0 unspecified atom stereocenters. The molecule has 0 saturated carbocycles. The van der Waals surface area contributed by atoms with Crippen molar-refractivity contribution in [3.8, 4) is 11.5 Å². The summed E-state index contributed by atoms with van der Waals surface area (Å²) in [6, 6.07) is 12.5. The van der Waals surface area contributed by atoms with Crippen LogP contribution in [0.4, 0.5) is 0 Å². The first kappa shape index (κ1) is 22.2. The zero-order chi connectivity index (χ0) is 21.1. The monoisotopic (exact) mass is 404 g/mol. The first-order chi connectivity index (χ1) is 14.1. The Labute approximate surface area is 167 Å². The highest BCUT2D eigenvalue weighted by atomic mass is 17.3. The summed E-state index contributed by atoms with van der Waals surface area (Å²) in [7, 11) is 2.93. The van der Waals surface area contributed by atoms with Gasteiger partial charge in [0.25, 0.3) is 0 Å². The van der Waals surface area contributed by atoms with Gasteiger partial charge in [-0.1, -0.05) is 12.1 Å². The van der Waals surface area contributed by atoms with Crippen molar-refractivity contribution in [3.63, 3.8) is 0 Å². The molecule has 0 amide bonds. The normalized spacial score (nSPS) is 10.5. The Bertz CT molecular complexity index is 743. The van der Waals surface area contributed by atoms with Gasteiger partial charge in [-0.3, -0.25) is 9.78 Å². The predicted octanol–water partition coefficient (Wildman–Crippen LogP) is 2.92. The quantitative estimate of drug-likeness (QED) is 0.413. The van der Waals surface area contributed by atoms with Crippen LogP contribution >= 0.6 is 0 Å². The van der Waals surface area contributed by atoms with Crippen LogP contribution in [0.25, 0.3) is 0 Å². The van der Waals surface area contributed by atoms with Crippen molar-refractivity contribution < 1.29 is 43.3 Å². The van der Waals surface area contributed by atoms with Gasteiger partial charge >= 0.3 is 18.2 Å². The fourth-order valence-corrected chi connectivity index (χ4v) is 1.98. The molecule has 29 heavy (non-hydrogen) atoms. The third kappa shape index (κ3) is 7.07. The number of hydrogen-bond donors (Lipinski definition) is 0. The zero-order valence-electron chi connectivity index (χ0n) is 15.9. The Balaban J connectivity index is 1.92. The molecule has 0 aliphatic heterocycles. The van der Waals surface area contributed by atoms with Crippen molar-refractivity contribution in [1.82, 2.24) is 0 Å². The molecule has 0 N–H and O–H groups in total. The fraction of sp³-hybridized carbons (Fsp3) is 0.200. The van der Waals surface area contributed by atoms with Crippen LogP contribution < -0.4 is 9.47 Å². The third-order valence-corrected chi connectivity index (χ3v) is 3.40.